The second kappa shape index (κ2) is 8.93. The van der Waals surface area contributed by atoms with Gasteiger partial charge in [0.2, 0.25) is 5.78 Å². The van der Waals surface area contributed by atoms with Crippen LogP contribution in [-0.4, -0.2) is 24.0 Å². The first kappa shape index (κ1) is 21.0. The molecule has 2 aliphatic heterocycles. The largest absolute Gasteiger partial charge is 0.478 e. The van der Waals surface area contributed by atoms with Crippen molar-refractivity contribution in [1.29, 1.82) is 0 Å². The summed E-state index contributed by atoms with van der Waals surface area (Å²) in [6.07, 6.45) is 3.89. The van der Waals surface area contributed by atoms with Crippen molar-refractivity contribution in [3.8, 4) is 11.5 Å². The normalized spacial score (nSPS) is 16.4. The number of benzene rings is 3. The summed E-state index contributed by atoms with van der Waals surface area (Å²) in [5, 5.41) is 0. The van der Waals surface area contributed by atoms with E-state index >= 15 is 0 Å². The minimum atomic E-state index is -0.0654. The quantitative estimate of drug-likeness (QED) is 0.402. The van der Waals surface area contributed by atoms with Crippen LogP contribution >= 0.6 is 15.9 Å². The summed E-state index contributed by atoms with van der Waals surface area (Å²) in [4.78, 5) is 15.4. The monoisotopic (exact) mass is 489 g/mol. The molecule has 2 aliphatic rings. The highest BCUT2D eigenvalue weighted by Gasteiger charge is 2.35. The Labute approximate surface area is 196 Å². The Kier molecular flexibility index (Phi) is 5.85. The summed E-state index contributed by atoms with van der Waals surface area (Å²) in [6, 6.07) is 20.3. The second-order valence-electron chi connectivity index (χ2n) is 8.28. The maximum Gasteiger partial charge on any atom is 0.232 e. The van der Waals surface area contributed by atoms with Crippen LogP contribution in [0.4, 0.5) is 0 Å². The molecule has 2 heterocycles. The number of allylic oxidation sites excluding steroid dienone is 1. The van der Waals surface area contributed by atoms with E-state index in [-0.39, 0.29) is 5.78 Å². The lowest BCUT2D eigenvalue weighted by atomic mass is 9.98. The highest BCUT2D eigenvalue weighted by Crippen LogP contribution is 2.44. The van der Waals surface area contributed by atoms with Gasteiger partial charge in [0.1, 0.15) is 18.2 Å². The molecule has 32 heavy (non-hydrogen) atoms. The summed E-state index contributed by atoms with van der Waals surface area (Å²) in [5.41, 5.74) is 4.78. The van der Waals surface area contributed by atoms with E-state index < -0.39 is 0 Å². The smallest absolute Gasteiger partial charge is 0.232 e. The SMILES string of the molecule is Cc1cc2c(c3c1C(=O)/C(=C/c1ccc(Br)cc1)O3)CN(CCCc1ccccc1)CO2. The number of Topliss-reactive ketones (excluding diaryl/α,β-unsaturated/α-hetero) is 1. The van der Waals surface area contributed by atoms with Crippen LogP contribution in [0.5, 0.6) is 11.5 Å². The van der Waals surface area contributed by atoms with E-state index in [2.05, 4.69) is 45.1 Å². The second-order valence-corrected chi connectivity index (χ2v) is 9.20. The lowest BCUT2D eigenvalue weighted by Crippen LogP contribution is -2.33. The summed E-state index contributed by atoms with van der Waals surface area (Å²) in [5.74, 6) is 1.77. The highest BCUT2D eigenvalue weighted by molar-refractivity contribution is 9.10. The third-order valence-corrected chi connectivity index (χ3v) is 6.47. The molecule has 0 aliphatic carbocycles. The summed E-state index contributed by atoms with van der Waals surface area (Å²) in [6.45, 7) is 4.13. The minimum Gasteiger partial charge on any atom is -0.478 e. The first-order valence-corrected chi connectivity index (χ1v) is 11.6. The topological polar surface area (TPSA) is 38.8 Å². The molecule has 5 heteroatoms. The average Bonchev–Trinajstić information content (AvgIpc) is 3.13. The maximum absolute atomic E-state index is 13.1. The van der Waals surface area contributed by atoms with Gasteiger partial charge in [-0.15, -0.1) is 0 Å². The standard InChI is InChI=1S/C27H24BrNO3/c1-18-14-23-22(16-29(17-31-23)13-5-8-19-6-3-2-4-7-19)27-25(18)26(30)24(32-27)15-20-9-11-21(28)12-10-20/h2-4,6-7,9-12,14-15H,5,8,13,16-17H2,1H3/b24-15-. The van der Waals surface area contributed by atoms with Gasteiger partial charge >= 0.3 is 0 Å². The molecule has 3 aromatic carbocycles. The van der Waals surface area contributed by atoms with Crippen molar-refractivity contribution in [1.82, 2.24) is 4.90 Å². The number of hydrogen-bond donors (Lipinski definition) is 0. The molecule has 3 aromatic rings. The van der Waals surface area contributed by atoms with Gasteiger partial charge in [-0.3, -0.25) is 9.69 Å². The number of rotatable bonds is 5. The van der Waals surface area contributed by atoms with Crippen LogP contribution in [0.3, 0.4) is 0 Å². The third-order valence-electron chi connectivity index (χ3n) is 5.94. The molecule has 0 unspecified atom stereocenters. The number of ketones is 1. The molecule has 0 saturated carbocycles. The van der Waals surface area contributed by atoms with E-state index in [0.29, 0.717) is 30.3 Å². The zero-order valence-corrected chi connectivity index (χ0v) is 19.5. The van der Waals surface area contributed by atoms with Gasteiger partial charge in [0.05, 0.1) is 11.1 Å². The van der Waals surface area contributed by atoms with Gasteiger partial charge in [-0.05, 0) is 60.7 Å². The maximum atomic E-state index is 13.1. The predicted molar refractivity (Wildman–Crippen MR) is 129 cm³/mol. The Morgan fingerprint density at radius 2 is 1.88 bits per heavy atom. The number of fused-ring (bicyclic) bond motifs is 3. The number of aryl methyl sites for hydroxylation is 2. The van der Waals surface area contributed by atoms with Crippen molar-refractivity contribution in [2.45, 2.75) is 26.3 Å². The fourth-order valence-corrected chi connectivity index (χ4v) is 4.55. The average molecular weight is 490 g/mol. The number of halogens is 1. The van der Waals surface area contributed by atoms with Gasteiger partial charge < -0.3 is 9.47 Å². The lowest BCUT2D eigenvalue weighted by molar-refractivity contribution is 0.0928. The van der Waals surface area contributed by atoms with Gasteiger partial charge in [-0.1, -0.05) is 58.4 Å². The van der Waals surface area contributed by atoms with Crippen molar-refractivity contribution in [2.24, 2.45) is 0 Å². The molecule has 4 nitrogen and oxygen atoms in total. The molecule has 5 rings (SSSR count). The molecule has 0 atom stereocenters. The zero-order chi connectivity index (χ0) is 22.1. The van der Waals surface area contributed by atoms with Crippen molar-refractivity contribution in [2.75, 3.05) is 13.3 Å². The first-order chi connectivity index (χ1) is 15.6. The van der Waals surface area contributed by atoms with Crippen LogP contribution in [0.2, 0.25) is 0 Å². The van der Waals surface area contributed by atoms with Gasteiger partial charge in [0.25, 0.3) is 0 Å². The molecular weight excluding hydrogens is 466 g/mol. The van der Waals surface area contributed by atoms with E-state index in [4.69, 9.17) is 9.47 Å². The Bertz CT molecular complexity index is 1190. The third kappa shape index (κ3) is 4.23. The predicted octanol–water partition coefficient (Wildman–Crippen LogP) is 6.16. The van der Waals surface area contributed by atoms with Crippen LogP contribution in [0.25, 0.3) is 6.08 Å². The number of ether oxygens (including phenoxy) is 2. The van der Waals surface area contributed by atoms with Gasteiger partial charge in [0.15, 0.2) is 5.76 Å². The van der Waals surface area contributed by atoms with E-state index in [1.165, 1.54) is 5.56 Å². The van der Waals surface area contributed by atoms with Crippen LogP contribution in [0, 0.1) is 6.92 Å². The molecule has 0 saturated heterocycles. The minimum absolute atomic E-state index is 0.0654. The molecular formula is C27H24BrNO3. The van der Waals surface area contributed by atoms with E-state index in [0.717, 1.165) is 46.3 Å². The van der Waals surface area contributed by atoms with E-state index in [9.17, 15) is 4.79 Å². The number of carbonyl (C=O) groups is 1. The number of hydrogen-bond acceptors (Lipinski definition) is 4. The molecule has 0 radical (unpaired) electrons. The Morgan fingerprint density at radius 3 is 2.66 bits per heavy atom. The Morgan fingerprint density at radius 1 is 1.09 bits per heavy atom. The van der Waals surface area contributed by atoms with Gasteiger partial charge in [-0.2, -0.15) is 0 Å². The summed E-state index contributed by atoms with van der Waals surface area (Å²) in [7, 11) is 0. The Balaban J connectivity index is 1.35. The lowest BCUT2D eigenvalue weighted by Gasteiger charge is -2.30. The molecule has 0 N–H and O–H groups in total. The summed E-state index contributed by atoms with van der Waals surface area (Å²) < 4.78 is 13.2. The van der Waals surface area contributed by atoms with Crippen LogP contribution in [-0.2, 0) is 13.0 Å². The molecule has 162 valence electrons. The van der Waals surface area contributed by atoms with Crippen molar-refractivity contribution in [3.63, 3.8) is 0 Å². The highest BCUT2D eigenvalue weighted by atomic mass is 79.9. The first-order valence-electron chi connectivity index (χ1n) is 10.8. The van der Waals surface area contributed by atoms with Crippen molar-refractivity contribution < 1.29 is 14.3 Å². The van der Waals surface area contributed by atoms with E-state index in [1.54, 1.807) is 0 Å². The molecule has 0 fully saturated rings. The summed E-state index contributed by atoms with van der Waals surface area (Å²) >= 11 is 3.44. The van der Waals surface area contributed by atoms with Crippen LogP contribution in [0.15, 0.2) is 70.9 Å². The fraction of sp³-hybridized carbons (Fsp3) is 0.222. The molecule has 0 spiro atoms. The zero-order valence-electron chi connectivity index (χ0n) is 17.9. The van der Waals surface area contributed by atoms with E-state index in [1.807, 2.05) is 49.4 Å². The molecule has 0 bridgehead atoms. The Hall–Kier alpha value is -2.89. The van der Waals surface area contributed by atoms with Crippen molar-refractivity contribution >= 4 is 27.8 Å². The van der Waals surface area contributed by atoms with Crippen LogP contribution in [0.1, 0.15) is 39.0 Å². The van der Waals surface area contributed by atoms with Gasteiger partial charge in [0, 0.05) is 17.6 Å². The molecule has 0 amide bonds. The number of carbonyl (C=O) groups excluding carboxylic acids is 1. The number of nitrogens with zero attached hydrogens (tertiary/aromatic N) is 1. The fourth-order valence-electron chi connectivity index (χ4n) is 4.28. The van der Waals surface area contributed by atoms with Gasteiger partial charge in [-0.25, -0.2) is 0 Å². The molecule has 0 aromatic heterocycles. The van der Waals surface area contributed by atoms with Crippen molar-refractivity contribution in [3.05, 3.63) is 98.7 Å². The van der Waals surface area contributed by atoms with Crippen LogP contribution < -0.4 is 9.47 Å².